The number of hydrogen-bond donors (Lipinski definition) is 1. The number of benzene rings is 1. The third-order valence-electron chi connectivity index (χ3n) is 3.11. The fraction of sp³-hybridized carbons (Fsp3) is 0.0667. The van der Waals surface area contributed by atoms with Crippen LogP contribution in [0.3, 0.4) is 0 Å². The summed E-state index contributed by atoms with van der Waals surface area (Å²) in [4.78, 5) is 4.22. The van der Waals surface area contributed by atoms with Crippen molar-refractivity contribution in [1.82, 2.24) is 14.1 Å². The van der Waals surface area contributed by atoms with E-state index in [1.54, 1.807) is 21.5 Å². The maximum atomic E-state index is 8.97. The van der Waals surface area contributed by atoms with Crippen LogP contribution in [0.1, 0.15) is 16.8 Å². The second-order valence-electron chi connectivity index (χ2n) is 4.54. The van der Waals surface area contributed by atoms with Crippen LogP contribution in [0, 0.1) is 23.7 Å². The third kappa shape index (κ3) is 2.21. The predicted molar refractivity (Wildman–Crippen MR) is 77.9 cm³/mol. The lowest BCUT2D eigenvalue weighted by Crippen LogP contribution is -2.18. The van der Waals surface area contributed by atoms with Crippen molar-refractivity contribution >= 4 is 12.0 Å². The molecule has 21 heavy (non-hydrogen) atoms. The molecule has 0 saturated carbocycles. The number of imidazole rings is 1. The smallest absolute Gasteiger partial charge is 0.236 e. The number of hydrogen-bond acceptors (Lipinski definition) is 4. The highest BCUT2D eigenvalue weighted by molar-refractivity contribution is 5.79. The van der Waals surface area contributed by atoms with Crippen LogP contribution in [0.25, 0.3) is 5.78 Å². The van der Waals surface area contributed by atoms with Gasteiger partial charge in [-0.1, -0.05) is 30.3 Å². The monoisotopic (exact) mass is 276 g/mol. The summed E-state index contributed by atoms with van der Waals surface area (Å²) >= 11 is 0. The van der Waals surface area contributed by atoms with Gasteiger partial charge in [0, 0.05) is 5.69 Å². The summed E-state index contributed by atoms with van der Waals surface area (Å²) in [7, 11) is 0. The zero-order chi connectivity index (χ0) is 14.8. The van der Waals surface area contributed by atoms with Crippen LogP contribution in [0.5, 0.6) is 0 Å². The molecule has 6 nitrogen and oxygen atoms in total. The van der Waals surface area contributed by atoms with Crippen LogP contribution in [-0.2, 0) is 0 Å². The molecule has 102 valence electrons. The molecule has 0 aliphatic heterocycles. The Morgan fingerprint density at radius 3 is 2.81 bits per heavy atom. The van der Waals surface area contributed by atoms with Crippen LogP contribution < -0.4 is 5.49 Å². The summed E-state index contributed by atoms with van der Waals surface area (Å²) in [6, 6.07) is 11.7. The zero-order valence-electron chi connectivity index (χ0n) is 11.4. The summed E-state index contributed by atoms with van der Waals surface area (Å²) < 4.78 is 3.20. The van der Waals surface area contributed by atoms with Gasteiger partial charge in [0.25, 0.3) is 0 Å². The Morgan fingerprint density at radius 1 is 1.33 bits per heavy atom. The van der Waals surface area contributed by atoms with Crippen molar-refractivity contribution in [1.29, 1.82) is 10.7 Å². The molecule has 0 unspecified atom stereocenters. The van der Waals surface area contributed by atoms with Gasteiger partial charge < -0.3 is 0 Å². The molecule has 0 saturated heterocycles. The largest absolute Gasteiger partial charge is 0.283 e. The number of nitriles is 1. The molecule has 0 aliphatic rings. The van der Waals surface area contributed by atoms with Crippen molar-refractivity contribution in [3.05, 3.63) is 65.0 Å². The fourth-order valence-corrected chi connectivity index (χ4v) is 2.08. The van der Waals surface area contributed by atoms with Gasteiger partial charge in [0.1, 0.15) is 11.6 Å². The van der Waals surface area contributed by atoms with Crippen molar-refractivity contribution in [2.45, 2.75) is 6.92 Å². The molecule has 2 heterocycles. The van der Waals surface area contributed by atoms with Gasteiger partial charge in [-0.2, -0.15) is 10.4 Å². The highest BCUT2D eigenvalue weighted by atomic mass is 15.4. The number of nitrogens with one attached hydrogen (secondary N) is 1. The van der Waals surface area contributed by atoms with Crippen molar-refractivity contribution in [2.75, 3.05) is 0 Å². The normalized spacial score (nSPS) is 11.0. The van der Waals surface area contributed by atoms with E-state index in [0.717, 1.165) is 11.3 Å². The summed E-state index contributed by atoms with van der Waals surface area (Å²) in [5.74, 6) is 0.503. The molecule has 0 amide bonds. The lowest BCUT2D eigenvalue weighted by Gasteiger charge is -1.99. The lowest BCUT2D eigenvalue weighted by molar-refractivity contribution is 0.870. The standard InChI is InChI=1S/C15H12N6/c1-11-10-20(19-8-12-5-3-2-4-6-12)15-18-9-13(7-16)14(17)21(11)15/h2-6,8-10,17H,1H3/b17-14?,19-8+. The Balaban J connectivity index is 2.14. The fourth-order valence-electron chi connectivity index (χ4n) is 2.08. The van der Waals surface area contributed by atoms with Gasteiger partial charge >= 0.3 is 0 Å². The molecule has 0 bridgehead atoms. The topological polar surface area (TPSA) is 82.2 Å². The molecule has 6 heteroatoms. The van der Waals surface area contributed by atoms with Gasteiger partial charge in [-0.25, -0.2) is 9.66 Å². The minimum atomic E-state index is 0.119. The molecular weight excluding hydrogens is 264 g/mol. The van der Waals surface area contributed by atoms with Crippen LogP contribution in [0.4, 0.5) is 0 Å². The van der Waals surface area contributed by atoms with Crippen LogP contribution in [0.2, 0.25) is 0 Å². The van der Waals surface area contributed by atoms with Crippen molar-refractivity contribution in [3.63, 3.8) is 0 Å². The molecule has 2 aromatic heterocycles. The Hall–Kier alpha value is -3.20. The first kappa shape index (κ1) is 12.8. The summed E-state index contributed by atoms with van der Waals surface area (Å²) in [5.41, 5.74) is 2.13. The minimum Gasteiger partial charge on any atom is -0.283 e. The molecule has 0 radical (unpaired) electrons. The van der Waals surface area contributed by atoms with Crippen LogP contribution in [0.15, 0.2) is 47.8 Å². The van der Waals surface area contributed by atoms with Crippen molar-refractivity contribution in [2.24, 2.45) is 5.10 Å². The van der Waals surface area contributed by atoms with Crippen molar-refractivity contribution in [3.8, 4) is 6.07 Å². The zero-order valence-corrected chi connectivity index (χ0v) is 11.4. The highest BCUT2D eigenvalue weighted by Crippen LogP contribution is 2.06. The third-order valence-corrected chi connectivity index (χ3v) is 3.11. The number of aromatic nitrogens is 3. The van der Waals surface area contributed by atoms with Crippen LogP contribution in [-0.4, -0.2) is 20.3 Å². The lowest BCUT2D eigenvalue weighted by atomic mass is 10.2. The van der Waals surface area contributed by atoms with E-state index in [1.165, 1.54) is 6.20 Å². The quantitative estimate of drug-likeness (QED) is 0.722. The molecule has 3 aromatic rings. The van der Waals surface area contributed by atoms with Crippen molar-refractivity contribution < 1.29 is 0 Å². The highest BCUT2D eigenvalue weighted by Gasteiger charge is 2.08. The van der Waals surface area contributed by atoms with E-state index in [2.05, 4.69) is 10.1 Å². The van der Waals surface area contributed by atoms with E-state index >= 15 is 0 Å². The Kier molecular flexibility index (Phi) is 3.09. The number of fused-ring (bicyclic) bond motifs is 1. The number of nitrogens with zero attached hydrogens (tertiary/aromatic N) is 5. The molecule has 1 N–H and O–H groups in total. The second-order valence-corrected chi connectivity index (χ2v) is 4.54. The van der Waals surface area contributed by atoms with Gasteiger partial charge in [-0.05, 0) is 12.5 Å². The average molecular weight is 276 g/mol. The van der Waals surface area contributed by atoms with Gasteiger partial charge in [-0.3, -0.25) is 9.81 Å². The van der Waals surface area contributed by atoms with E-state index in [4.69, 9.17) is 10.7 Å². The van der Waals surface area contributed by atoms with Gasteiger partial charge in [0.05, 0.1) is 18.6 Å². The van der Waals surface area contributed by atoms with E-state index in [9.17, 15) is 0 Å². The predicted octanol–water partition coefficient (Wildman–Crippen LogP) is 1.68. The summed E-state index contributed by atoms with van der Waals surface area (Å²) in [6.45, 7) is 1.85. The summed E-state index contributed by atoms with van der Waals surface area (Å²) in [5, 5.41) is 21.4. The van der Waals surface area contributed by atoms with Gasteiger partial charge in [-0.15, -0.1) is 0 Å². The molecule has 0 aliphatic carbocycles. The van der Waals surface area contributed by atoms with Gasteiger partial charge in [0.15, 0.2) is 5.49 Å². The number of rotatable bonds is 2. The molecule has 0 fully saturated rings. The average Bonchev–Trinajstić information content (AvgIpc) is 2.84. The number of aryl methyl sites for hydroxylation is 1. The SMILES string of the molecule is Cc1cn(/N=C/c2ccccc2)c2ncc(C#N)c(=N)n12. The first-order valence-corrected chi connectivity index (χ1v) is 6.34. The Morgan fingerprint density at radius 2 is 2.10 bits per heavy atom. The molecule has 3 rings (SSSR count). The molecule has 0 spiro atoms. The Labute approximate surface area is 120 Å². The molecular formula is C15H12N6. The molecule has 0 atom stereocenters. The first-order valence-electron chi connectivity index (χ1n) is 6.34. The maximum Gasteiger partial charge on any atom is 0.236 e. The van der Waals surface area contributed by atoms with E-state index in [-0.39, 0.29) is 11.1 Å². The summed E-state index contributed by atoms with van der Waals surface area (Å²) in [6.07, 6.45) is 4.90. The maximum absolute atomic E-state index is 8.97. The van der Waals surface area contributed by atoms with Gasteiger partial charge in [0.2, 0.25) is 5.78 Å². The first-order chi connectivity index (χ1) is 10.2. The van der Waals surface area contributed by atoms with Crippen LogP contribution >= 0.6 is 0 Å². The molecule has 1 aromatic carbocycles. The van der Waals surface area contributed by atoms with E-state index in [1.807, 2.05) is 43.3 Å². The second kappa shape index (κ2) is 5.06. The van der Waals surface area contributed by atoms with E-state index in [0.29, 0.717) is 5.78 Å². The van der Waals surface area contributed by atoms with E-state index < -0.39 is 0 Å². The Bertz CT molecular complexity index is 924. The minimum absolute atomic E-state index is 0.119.